The molecule has 0 aromatic carbocycles. The summed E-state index contributed by atoms with van der Waals surface area (Å²) in [5, 5.41) is 19.0. The van der Waals surface area contributed by atoms with E-state index >= 15 is 0 Å². The van der Waals surface area contributed by atoms with Gasteiger partial charge in [0.2, 0.25) is 5.60 Å². The van der Waals surface area contributed by atoms with Crippen LogP contribution in [0.2, 0.25) is 0 Å². The van der Waals surface area contributed by atoms with Crippen LogP contribution in [0.1, 0.15) is 46.5 Å². The lowest BCUT2D eigenvalue weighted by molar-refractivity contribution is -0.875. The van der Waals surface area contributed by atoms with E-state index in [0.29, 0.717) is 19.3 Å². The highest BCUT2D eigenvalue weighted by atomic mass is 16.6. The Balaban J connectivity index is 5.89. The van der Waals surface area contributed by atoms with E-state index in [9.17, 15) is 24.6 Å². The van der Waals surface area contributed by atoms with Crippen LogP contribution in [0.3, 0.4) is 0 Å². The second-order valence-corrected chi connectivity index (χ2v) is 7.49. The van der Waals surface area contributed by atoms with Crippen molar-refractivity contribution in [1.82, 2.24) is 0 Å². The summed E-state index contributed by atoms with van der Waals surface area (Å²) >= 11 is 0. The summed E-state index contributed by atoms with van der Waals surface area (Å²) in [7, 11) is 5.37. The Bertz CT molecular complexity index is 520. The number of aliphatic hydroxyl groups excluding tert-OH is 1. The first-order chi connectivity index (χ1) is 11.4. The molecule has 0 saturated carbocycles. The van der Waals surface area contributed by atoms with Gasteiger partial charge in [-0.15, -0.1) is 0 Å². The standard InChI is InChI=1S/C18H31NO6/c1-7-9-14(20)10-16(23)25-18(11-15(21)22,12-19(4,5)6)17(24)13(3)8-2/h10,13H,7-9,11-12H2,1-6H3,(H-,20,21,22,23)/p+1. The van der Waals surface area contributed by atoms with Crippen molar-refractivity contribution in [3.8, 4) is 0 Å². The van der Waals surface area contributed by atoms with Crippen molar-refractivity contribution in [3.63, 3.8) is 0 Å². The minimum Gasteiger partial charge on any atom is -0.512 e. The van der Waals surface area contributed by atoms with Gasteiger partial charge in [-0.1, -0.05) is 20.8 Å². The maximum absolute atomic E-state index is 12.9. The molecular formula is C18H32NO6+. The van der Waals surface area contributed by atoms with Crippen LogP contribution in [0.25, 0.3) is 0 Å². The molecule has 0 fully saturated rings. The molecule has 0 aromatic rings. The number of likely N-dealkylation sites (N-methyl/N-ethyl adjacent to an activating group) is 1. The number of carbonyl (C=O) groups excluding carboxylic acids is 2. The summed E-state index contributed by atoms with van der Waals surface area (Å²) in [6.07, 6.45) is 1.75. The monoisotopic (exact) mass is 358 g/mol. The molecule has 0 rings (SSSR count). The van der Waals surface area contributed by atoms with Gasteiger partial charge in [0.1, 0.15) is 6.54 Å². The van der Waals surface area contributed by atoms with E-state index in [1.165, 1.54) is 0 Å². The lowest BCUT2D eigenvalue weighted by Gasteiger charge is -2.37. The quantitative estimate of drug-likeness (QED) is 0.254. The highest BCUT2D eigenvalue weighted by Gasteiger charge is 2.49. The molecular weight excluding hydrogens is 326 g/mol. The Labute approximate surface area is 149 Å². The molecule has 25 heavy (non-hydrogen) atoms. The van der Waals surface area contributed by atoms with Gasteiger partial charge in [0.15, 0.2) is 5.78 Å². The fourth-order valence-electron chi connectivity index (χ4n) is 2.67. The minimum absolute atomic E-state index is 0.0244. The summed E-state index contributed by atoms with van der Waals surface area (Å²) in [4.78, 5) is 36.5. The van der Waals surface area contributed by atoms with Gasteiger partial charge in [0.25, 0.3) is 0 Å². The van der Waals surface area contributed by atoms with Crippen LogP contribution in [-0.2, 0) is 19.1 Å². The Morgan fingerprint density at radius 1 is 1.16 bits per heavy atom. The van der Waals surface area contributed by atoms with Crippen molar-refractivity contribution in [1.29, 1.82) is 0 Å². The predicted molar refractivity (Wildman–Crippen MR) is 94.1 cm³/mol. The Kier molecular flexibility index (Phi) is 8.83. The molecule has 144 valence electrons. The number of aliphatic carboxylic acids is 1. The van der Waals surface area contributed by atoms with Gasteiger partial charge in [0.05, 0.1) is 39.4 Å². The maximum atomic E-state index is 12.9. The summed E-state index contributed by atoms with van der Waals surface area (Å²) in [6, 6.07) is 0. The van der Waals surface area contributed by atoms with Crippen LogP contribution in [0.4, 0.5) is 0 Å². The molecule has 7 heteroatoms. The number of aliphatic hydroxyl groups is 1. The third-order valence-corrected chi connectivity index (χ3v) is 3.76. The first-order valence-electron chi connectivity index (χ1n) is 8.56. The number of carbonyl (C=O) groups is 3. The number of carboxylic acids is 1. The zero-order valence-electron chi connectivity index (χ0n) is 16.2. The highest BCUT2D eigenvalue weighted by molar-refractivity contribution is 5.96. The van der Waals surface area contributed by atoms with Crippen LogP contribution in [0, 0.1) is 5.92 Å². The molecule has 0 aliphatic rings. The number of Topliss-reactive ketones (excluding diaryl/α,β-unsaturated/α-hetero) is 1. The third kappa shape index (κ3) is 8.16. The zero-order chi connectivity index (χ0) is 19.8. The first-order valence-corrected chi connectivity index (χ1v) is 8.56. The second-order valence-electron chi connectivity index (χ2n) is 7.49. The van der Waals surface area contributed by atoms with Crippen molar-refractivity contribution >= 4 is 17.7 Å². The number of carboxylic acid groups (broad SMARTS) is 1. The lowest BCUT2D eigenvalue weighted by atomic mass is 9.84. The summed E-state index contributed by atoms with van der Waals surface area (Å²) in [5.74, 6) is -3.15. The van der Waals surface area contributed by atoms with Crippen LogP contribution >= 0.6 is 0 Å². The first kappa shape index (κ1) is 23.1. The SMILES string of the molecule is CCCC(O)=CC(=O)OC(CC(=O)O)(C[N+](C)(C)C)C(=O)C(C)CC. The second kappa shape index (κ2) is 9.56. The molecule has 0 heterocycles. The van der Waals surface area contributed by atoms with Crippen LogP contribution in [-0.4, -0.2) is 65.7 Å². The number of nitrogens with zero attached hydrogens (tertiary/aromatic N) is 1. The Morgan fingerprint density at radius 3 is 2.12 bits per heavy atom. The largest absolute Gasteiger partial charge is 0.512 e. The lowest BCUT2D eigenvalue weighted by Crippen LogP contribution is -2.58. The highest BCUT2D eigenvalue weighted by Crippen LogP contribution is 2.27. The van der Waals surface area contributed by atoms with Gasteiger partial charge in [-0.05, 0) is 12.8 Å². The van der Waals surface area contributed by atoms with Crippen molar-refractivity contribution < 1.29 is 33.8 Å². The van der Waals surface area contributed by atoms with Crippen molar-refractivity contribution in [3.05, 3.63) is 11.8 Å². The van der Waals surface area contributed by atoms with Gasteiger partial charge in [-0.2, -0.15) is 0 Å². The van der Waals surface area contributed by atoms with E-state index in [-0.39, 0.29) is 16.8 Å². The molecule has 7 nitrogen and oxygen atoms in total. The molecule has 2 N–H and O–H groups in total. The number of esters is 1. The number of rotatable bonds is 11. The fourth-order valence-corrected chi connectivity index (χ4v) is 2.67. The van der Waals surface area contributed by atoms with E-state index in [4.69, 9.17) is 4.74 Å². The Morgan fingerprint density at radius 2 is 1.72 bits per heavy atom. The van der Waals surface area contributed by atoms with Crippen LogP contribution in [0.5, 0.6) is 0 Å². The molecule has 0 saturated heterocycles. The zero-order valence-corrected chi connectivity index (χ0v) is 16.2. The molecule has 0 aliphatic heterocycles. The van der Waals surface area contributed by atoms with E-state index in [2.05, 4.69) is 0 Å². The van der Waals surface area contributed by atoms with E-state index < -0.39 is 35.7 Å². The molecule has 0 bridgehead atoms. The number of allylic oxidation sites excluding steroid dienone is 1. The molecule has 0 amide bonds. The fraction of sp³-hybridized carbons (Fsp3) is 0.722. The van der Waals surface area contributed by atoms with Gasteiger partial charge >= 0.3 is 11.9 Å². The average Bonchev–Trinajstić information content (AvgIpc) is 2.42. The summed E-state index contributed by atoms with van der Waals surface area (Å²) in [6.45, 7) is 5.37. The molecule has 0 spiro atoms. The topological polar surface area (TPSA) is 101 Å². The normalized spacial score (nSPS) is 16.0. The van der Waals surface area contributed by atoms with E-state index in [1.54, 1.807) is 28.1 Å². The maximum Gasteiger partial charge on any atom is 0.335 e. The smallest absolute Gasteiger partial charge is 0.335 e. The van der Waals surface area contributed by atoms with Crippen LogP contribution in [0.15, 0.2) is 11.8 Å². The van der Waals surface area contributed by atoms with E-state index in [0.717, 1.165) is 6.08 Å². The Hall–Kier alpha value is -1.89. The van der Waals surface area contributed by atoms with E-state index in [1.807, 2.05) is 13.8 Å². The minimum atomic E-state index is -1.78. The van der Waals surface area contributed by atoms with Crippen molar-refractivity contribution in [2.75, 3.05) is 27.7 Å². The molecule has 0 aromatic heterocycles. The van der Waals surface area contributed by atoms with Crippen LogP contribution < -0.4 is 0 Å². The molecule has 2 unspecified atom stereocenters. The number of quaternary nitrogens is 1. The van der Waals surface area contributed by atoms with Gasteiger partial charge < -0.3 is 19.4 Å². The van der Waals surface area contributed by atoms with Gasteiger partial charge in [-0.3, -0.25) is 9.59 Å². The third-order valence-electron chi connectivity index (χ3n) is 3.76. The summed E-state index contributed by atoms with van der Waals surface area (Å²) in [5.41, 5.74) is -1.78. The van der Waals surface area contributed by atoms with Crippen molar-refractivity contribution in [2.24, 2.45) is 5.92 Å². The van der Waals surface area contributed by atoms with Crippen molar-refractivity contribution in [2.45, 2.75) is 52.1 Å². The van der Waals surface area contributed by atoms with Gasteiger partial charge in [-0.25, -0.2) is 4.79 Å². The summed E-state index contributed by atoms with van der Waals surface area (Å²) < 4.78 is 5.65. The molecule has 0 radical (unpaired) electrons. The average molecular weight is 358 g/mol. The number of hydrogen-bond acceptors (Lipinski definition) is 5. The number of hydrogen-bond donors (Lipinski definition) is 2. The molecule has 2 atom stereocenters. The predicted octanol–water partition coefficient (Wildman–Crippen LogP) is 2.31. The number of ketones is 1. The number of ether oxygens (including phenoxy) is 1. The molecule has 0 aliphatic carbocycles. The van der Waals surface area contributed by atoms with Gasteiger partial charge in [0, 0.05) is 12.3 Å².